The fourth-order valence-electron chi connectivity index (χ4n) is 2.69. The van der Waals surface area contributed by atoms with E-state index in [-0.39, 0.29) is 29.1 Å². The van der Waals surface area contributed by atoms with Crippen LogP contribution in [-0.4, -0.2) is 29.7 Å². The maximum Gasteiger partial charge on any atom is 0.270 e. The molecule has 2 rings (SSSR count). The van der Waals surface area contributed by atoms with Crippen molar-refractivity contribution in [2.45, 2.75) is 25.8 Å². The van der Waals surface area contributed by atoms with Crippen LogP contribution in [0.4, 0.5) is 11.4 Å². The highest BCUT2D eigenvalue weighted by Crippen LogP contribution is 2.31. The second kappa shape index (κ2) is 5.90. The Hall–Kier alpha value is -2.44. The largest absolute Gasteiger partial charge is 0.369 e. The predicted octanol–water partition coefficient (Wildman–Crippen LogP) is 1.50. The molecule has 7 nitrogen and oxygen atoms in total. The molecule has 1 aromatic rings. The van der Waals surface area contributed by atoms with E-state index in [9.17, 15) is 19.7 Å². The van der Waals surface area contributed by atoms with Crippen molar-refractivity contribution >= 4 is 23.6 Å². The molecule has 2 unspecified atom stereocenters. The van der Waals surface area contributed by atoms with E-state index in [0.717, 1.165) is 12.8 Å². The van der Waals surface area contributed by atoms with Gasteiger partial charge in [0, 0.05) is 36.0 Å². The van der Waals surface area contributed by atoms with E-state index in [1.54, 1.807) is 6.07 Å². The average Bonchev–Trinajstić information content (AvgIpc) is 2.46. The quantitative estimate of drug-likeness (QED) is 0.514. The maximum absolute atomic E-state index is 11.4. The van der Waals surface area contributed by atoms with E-state index >= 15 is 0 Å². The summed E-state index contributed by atoms with van der Waals surface area (Å²) in [5.41, 5.74) is 6.09. The van der Waals surface area contributed by atoms with Gasteiger partial charge in [-0.05, 0) is 25.8 Å². The highest BCUT2D eigenvalue weighted by molar-refractivity contribution is 5.86. The van der Waals surface area contributed by atoms with Crippen LogP contribution in [0.2, 0.25) is 0 Å². The second-order valence-electron chi connectivity index (χ2n) is 5.30. The molecular formula is C14H17N3O4. The van der Waals surface area contributed by atoms with Gasteiger partial charge in [-0.15, -0.1) is 0 Å². The van der Waals surface area contributed by atoms with E-state index in [1.807, 2.05) is 11.8 Å². The van der Waals surface area contributed by atoms with Gasteiger partial charge in [0.1, 0.15) is 0 Å². The normalized spacial score (nSPS) is 21.9. The molecule has 7 heteroatoms. The van der Waals surface area contributed by atoms with Crippen molar-refractivity contribution in [2.75, 3.05) is 11.4 Å². The Labute approximate surface area is 121 Å². The van der Waals surface area contributed by atoms with Crippen molar-refractivity contribution < 1.29 is 14.5 Å². The molecule has 0 aliphatic carbocycles. The van der Waals surface area contributed by atoms with Gasteiger partial charge in [0.2, 0.25) is 5.91 Å². The fraction of sp³-hybridized carbons (Fsp3) is 0.429. The van der Waals surface area contributed by atoms with Crippen molar-refractivity contribution in [3.05, 3.63) is 33.9 Å². The lowest BCUT2D eigenvalue weighted by Gasteiger charge is -2.39. The first-order valence-electron chi connectivity index (χ1n) is 6.73. The highest BCUT2D eigenvalue weighted by Gasteiger charge is 2.30. The number of carbonyl (C=O) groups is 2. The summed E-state index contributed by atoms with van der Waals surface area (Å²) in [4.78, 5) is 34.8. The van der Waals surface area contributed by atoms with Gasteiger partial charge < -0.3 is 10.6 Å². The number of nitrogens with zero attached hydrogens (tertiary/aromatic N) is 2. The molecular weight excluding hydrogens is 274 g/mol. The molecule has 0 saturated carbocycles. The lowest BCUT2D eigenvalue weighted by Crippen LogP contribution is -2.46. The van der Waals surface area contributed by atoms with Crippen molar-refractivity contribution in [3.8, 4) is 0 Å². The van der Waals surface area contributed by atoms with Crippen LogP contribution in [0.3, 0.4) is 0 Å². The SMILES string of the molecule is CC1CCC(C(N)=O)CN1c1ccc([N+](=O)[O-])cc1C=O. The molecule has 1 fully saturated rings. The number of primary amides is 1. The Bertz CT molecular complexity index is 588. The number of nitrogens with two attached hydrogens (primary N) is 1. The van der Waals surface area contributed by atoms with Gasteiger partial charge in [0.25, 0.3) is 5.69 Å². The molecule has 1 amide bonds. The Morgan fingerprint density at radius 2 is 2.19 bits per heavy atom. The molecule has 0 aromatic heterocycles. The number of carbonyl (C=O) groups excluding carboxylic acids is 2. The van der Waals surface area contributed by atoms with Gasteiger partial charge >= 0.3 is 0 Å². The van der Waals surface area contributed by atoms with Crippen LogP contribution in [0.5, 0.6) is 0 Å². The van der Waals surface area contributed by atoms with E-state index in [1.165, 1.54) is 12.1 Å². The zero-order valence-corrected chi connectivity index (χ0v) is 11.7. The van der Waals surface area contributed by atoms with Crippen molar-refractivity contribution in [1.82, 2.24) is 0 Å². The number of benzene rings is 1. The number of anilines is 1. The first kappa shape index (κ1) is 15.0. The summed E-state index contributed by atoms with van der Waals surface area (Å²) in [6.07, 6.45) is 2.10. The molecule has 2 N–H and O–H groups in total. The first-order chi connectivity index (χ1) is 9.93. The number of amides is 1. The lowest BCUT2D eigenvalue weighted by molar-refractivity contribution is -0.384. The van der Waals surface area contributed by atoms with Crippen molar-refractivity contribution in [3.63, 3.8) is 0 Å². The van der Waals surface area contributed by atoms with Gasteiger partial charge in [-0.2, -0.15) is 0 Å². The number of hydrogen-bond donors (Lipinski definition) is 1. The third-order valence-corrected chi connectivity index (χ3v) is 3.94. The molecule has 1 aromatic carbocycles. The van der Waals surface area contributed by atoms with E-state index < -0.39 is 4.92 Å². The minimum absolute atomic E-state index is 0.128. The first-order valence-corrected chi connectivity index (χ1v) is 6.73. The molecule has 0 radical (unpaired) electrons. The molecule has 1 aliphatic rings. The maximum atomic E-state index is 11.4. The summed E-state index contributed by atoms with van der Waals surface area (Å²) in [5, 5.41) is 10.8. The number of piperidine rings is 1. The van der Waals surface area contributed by atoms with Gasteiger partial charge in [-0.3, -0.25) is 19.7 Å². The van der Waals surface area contributed by atoms with E-state index in [4.69, 9.17) is 5.73 Å². The molecule has 0 spiro atoms. The summed E-state index contributed by atoms with van der Waals surface area (Å²) >= 11 is 0. The highest BCUT2D eigenvalue weighted by atomic mass is 16.6. The molecule has 1 saturated heterocycles. The number of nitro groups is 1. The summed E-state index contributed by atoms with van der Waals surface area (Å²) in [6.45, 7) is 2.42. The number of rotatable bonds is 4. The van der Waals surface area contributed by atoms with E-state index in [0.29, 0.717) is 18.5 Å². The van der Waals surface area contributed by atoms with Crippen LogP contribution >= 0.6 is 0 Å². The van der Waals surface area contributed by atoms with Crippen LogP contribution in [-0.2, 0) is 4.79 Å². The predicted molar refractivity (Wildman–Crippen MR) is 77.2 cm³/mol. The number of nitro benzene ring substituents is 1. The van der Waals surface area contributed by atoms with Crippen LogP contribution in [0, 0.1) is 16.0 Å². The lowest BCUT2D eigenvalue weighted by atomic mass is 9.92. The van der Waals surface area contributed by atoms with Crippen LogP contribution in [0.1, 0.15) is 30.1 Å². The smallest absolute Gasteiger partial charge is 0.270 e. The van der Waals surface area contributed by atoms with Gasteiger partial charge in [0.15, 0.2) is 6.29 Å². The Balaban J connectivity index is 2.37. The monoisotopic (exact) mass is 291 g/mol. The molecule has 2 atom stereocenters. The second-order valence-corrected chi connectivity index (χ2v) is 5.30. The minimum Gasteiger partial charge on any atom is -0.369 e. The van der Waals surface area contributed by atoms with Crippen LogP contribution < -0.4 is 10.6 Å². The summed E-state index contributed by atoms with van der Waals surface area (Å²) < 4.78 is 0. The van der Waals surface area contributed by atoms with Crippen LogP contribution in [0.15, 0.2) is 18.2 Å². The molecule has 0 bridgehead atoms. The third kappa shape index (κ3) is 3.01. The standard InChI is InChI=1S/C14H17N3O4/c1-9-2-3-10(14(15)19)7-16(9)13-5-4-12(17(20)21)6-11(13)8-18/h4-6,8-10H,2-3,7H2,1H3,(H2,15,19). The topological polar surface area (TPSA) is 107 Å². The van der Waals surface area contributed by atoms with Crippen molar-refractivity contribution in [2.24, 2.45) is 11.7 Å². The Morgan fingerprint density at radius 3 is 2.76 bits per heavy atom. The molecule has 1 heterocycles. The number of hydrogen-bond acceptors (Lipinski definition) is 5. The Kier molecular flexibility index (Phi) is 4.21. The van der Waals surface area contributed by atoms with Gasteiger partial charge in [-0.25, -0.2) is 0 Å². The molecule has 112 valence electrons. The Morgan fingerprint density at radius 1 is 1.48 bits per heavy atom. The number of aldehydes is 1. The average molecular weight is 291 g/mol. The third-order valence-electron chi connectivity index (χ3n) is 3.94. The van der Waals surface area contributed by atoms with Gasteiger partial charge in [-0.1, -0.05) is 0 Å². The zero-order valence-electron chi connectivity index (χ0n) is 11.7. The number of non-ortho nitro benzene ring substituents is 1. The summed E-state index contributed by atoms with van der Waals surface area (Å²) in [7, 11) is 0. The van der Waals surface area contributed by atoms with Crippen molar-refractivity contribution in [1.29, 1.82) is 0 Å². The molecule has 21 heavy (non-hydrogen) atoms. The summed E-state index contributed by atoms with van der Waals surface area (Å²) in [6, 6.07) is 4.31. The van der Waals surface area contributed by atoms with Gasteiger partial charge in [0.05, 0.1) is 10.8 Å². The summed E-state index contributed by atoms with van der Waals surface area (Å²) in [5.74, 6) is -0.627. The fourth-order valence-corrected chi connectivity index (χ4v) is 2.69. The van der Waals surface area contributed by atoms with Crippen LogP contribution in [0.25, 0.3) is 0 Å². The zero-order chi connectivity index (χ0) is 15.6. The molecule has 1 aliphatic heterocycles. The van der Waals surface area contributed by atoms with E-state index in [2.05, 4.69) is 0 Å². The minimum atomic E-state index is -0.539.